The van der Waals surface area contributed by atoms with E-state index in [9.17, 15) is 9.18 Å². The largest absolute Gasteiger partial charge is 0.462 e. The fourth-order valence-electron chi connectivity index (χ4n) is 0.649. The Bertz CT molecular complexity index is 278. The second kappa shape index (κ2) is 4.00. The lowest BCUT2D eigenvalue weighted by molar-refractivity contribution is 0.0532. The van der Waals surface area contributed by atoms with Crippen LogP contribution in [0.1, 0.15) is 16.6 Å². The number of thiophene rings is 1. The molecule has 0 spiro atoms. The van der Waals surface area contributed by atoms with Crippen LogP contribution in [0.3, 0.4) is 0 Å². The first kappa shape index (κ1) is 9.67. The average molecular weight is 253 g/mol. The highest BCUT2D eigenvalue weighted by atomic mass is 79.9. The highest BCUT2D eigenvalue weighted by Gasteiger charge is 2.13. The first-order chi connectivity index (χ1) is 5.65. The van der Waals surface area contributed by atoms with Crippen LogP contribution in [-0.4, -0.2) is 12.6 Å². The molecule has 1 rings (SSSR count). The third-order valence-corrected chi connectivity index (χ3v) is 2.86. The number of hydrogen-bond acceptors (Lipinski definition) is 3. The van der Waals surface area contributed by atoms with E-state index < -0.39 is 11.1 Å². The fourth-order valence-corrected chi connectivity index (χ4v) is 1.94. The monoisotopic (exact) mass is 252 g/mol. The zero-order valence-electron chi connectivity index (χ0n) is 6.27. The molecule has 1 aromatic heterocycles. The number of carbonyl (C=O) groups is 1. The highest BCUT2D eigenvalue weighted by molar-refractivity contribution is 9.10. The zero-order valence-corrected chi connectivity index (χ0v) is 8.67. The summed E-state index contributed by atoms with van der Waals surface area (Å²) in [5.74, 6) is -0.480. The molecule has 0 unspecified atom stereocenters. The average Bonchev–Trinajstić information content (AvgIpc) is 2.33. The highest BCUT2D eigenvalue weighted by Crippen LogP contribution is 2.25. The van der Waals surface area contributed by atoms with Crippen molar-refractivity contribution in [3.63, 3.8) is 0 Å². The first-order valence-corrected chi connectivity index (χ1v) is 4.88. The molecule has 0 fully saturated rings. The Balaban J connectivity index is 2.82. The van der Waals surface area contributed by atoms with E-state index in [0.717, 1.165) is 11.3 Å². The van der Waals surface area contributed by atoms with Gasteiger partial charge in [0.2, 0.25) is 0 Å². The first-order valence-electron chi connectivity index (χ1n) is 3.27. The van der Waals surface area contributed by atoms with Gasteiger partial charge in [-0.3, -0.25) is 0 Å². The number of carbonyl (C=O) groups excluding carboxylic acids is 1. The molecule has 0 saturated carbocycles. The van der Waals surface area contributed by atoms with Crippen molar-refractivity contribution in [1.29, 1.82) is 0 Å². The molecule has 0 saturated heterocycles. The molecule has 1 heterocycles. The second-order valence-corrected chi connectivity index (χ2v) is 3.81. The molecule has 0 aliphatic carbocycles. The van der Waals surface area contributed by atoms with Gasteiger partial charge in [-0.1, -0.05) is 11.3 Å². The van der Waals surface area contributed by atoms with Crippen molar-refractivity contribution in [3.05, 3.63) is 20.5 Å². The molecule has 12 heavy (non-hydrogen) atoms. The van der Waals surface area contributed by atoms with Crippen molar-refractivity contribution in [3.8, 4) is 0 Å². The van der Waals surface area contributed by atoms with E-state index in [1.54, 1.807) is 6.92 Å². The fraction of sp³-hybridized carbons (Fsp3) is 0.286. The summed E-state index contributed by atoms with van der Waals surface area (Å²) in [5, 5.41) is -0.405. The number of esters is 1. The van der Waals surface area contributed by atoms with Gasteiger partial charge in [0.15, 0.2) is 5.13 Å². The number of ether oxygens (including phenoxy) is 1. The maximum absolute atomic E-state index is 12.7. The van der Waals surface area contributed by atoms with Crippen LogP contribution >= 0.6 is 27.3 Å². The van der Waals surface area contributed by atoms with Crippen LogP contribution < -0.4 is 0 Å². The molecule has 0 aliphatic heterocycles. The lowest BCUT2D eigenvalue weighted by atomic mass is 10.5. The Hall–Kier alpha value is -0.420. The number of hydrogen-bond donors (Lipinski definition) is 0. The molecule has 1 aromatic rings. The van der Waals surface area contributed by atoms with Crippen LogP contribution in [-0.2, 0) is 4.74 Å². The van der Waals surface area contributed by atoms with Crippen LogP contribution in [0, 0.1) is 5.13 Å². The van der Waals surface area contributed by atoms with Crippen molar-refractivity contribution in [2.45, 2.75) is 6.92 Å². The van der Waals surface area contributed by atoms with Gasteiger partial charge >= 0.3 is 5.97 Å². The van der Waals surface area contributed by atoms with E-state index in [4.69, 9.17) is 0 Å². The molecule has 5 heteroatoms. The quantitative estimate of drug-likeness (QED) is 0.757. The van der Waals surface area contributed by atoms with Crippen LogP contribution in [0.5, 0.6) is 0 Å². The molecule has 66 valence electrons. The van der Waals surface area contributed by atoms with Gasteiger partial charge in [0.25, 0.3) is 0 Å². The van der Waals surface area contributed by atoms with Gasteiger partial charge < -0.3 is 4.74 Å². The summed E-state index contributed by atoms with van der Waals surface area (Å²) in [6.07, 6.45) is 0. The van der Waals surface area contributed by atoms with Crippen molar-refractivity contribution in [2.75, 3.05) is 6.61 Å². The summed E-state index contributed by atoms with van der Waals surface area (Å²) in [5.41, 5.74) is 0. The molecule has 0 amide bonds. The second-order valence-electron chi connectivity index (χ2n) is 1.95. The SMILES string of the molecule is CCOC(=O)c1cc(Br)c(F)s1. The lowest BCUT2D eigenvalue weighted by Crippen LogP contribution is -2.01. The minimum atomic E-state index is -0.480. The lowest BCUT2D eigenvalue weighted by Gasteiger charge is -1.95. The van der Waals surface area contributed by atoms with Crippen molar-refractivity contribution in [1.82, 2.24) is 0 Å². The van der Waals surface area contributed by atoms with E-state index in [-0.39, 0.29) is 4.88 Å². The molecule has 2 nitrogen and oxygen atoms in total. The van der Waals surface area contributed by atoms with E-state index in [1.807, 2.05) is 0 Å². The Kier molecular flexibility index (Phi) is 3.22. The van der Waals surface area contributed by atoms with Gasteiger partial charge in [-0.2, -0.15) is 4.39 Å². The van der Waals surface area contributed by atoms with E-state index in [0.29, 0.717) is 11.1 Å². The topological polar surface area (TPSA) is 26.3 Å². The van der Waals surface area contributed by atoms with Crippen LogP contribution in [0.2, 0.25) is 0 Å². The van der Waals surface area contributed by atoms with E-state index >= 15 is 0 Å². The Labute approximate surface area is 81.5 Å². The minimum absolute atomic E-state index is 0.279. The number of rotatable bonds is 2. The van der Waals surface area contributed by atoms with Crippen molar-refractivity contribution in [2.24, 2.45) is 0 Å². The predicted molar refractivity (Wildman–Crippen MR) is 47.9 cm³/mol. The van der Waals surface area contributed by atoms with Gasteiger partial charge in [0.1, 0.15) is 4.88 Å². The van der Waals surface area contributed by atoms with Gasteiger partial charge in [-0.15, -0.1) is 0 Å². The summed E-state index contributed by atoms with van der Waals surface area (Å²) in [6, 6.07) is 1.41. The van der Waals surface area contributed by atoms with Crippen LogP contribution in [0.25, 0.3) is 0 Å². The molecular weight excluding hydrogens is 247 g/mol. The maximum atomic E-state index is 12.7. The maximum Gasteiger partial charge on any atom is 0.348 e. The molecule has 0 N–H and O–H groups in total. The Morgan fingerprint density at radius 2 is 2.50 bits per heavy atom. The Morgan fingerprint density at radius 3 is 2.92 bits per heavy atom. The summed E-state index contributed by atoms with van der Waals surface area (Å²) in [7, 11) is 0. The van der Waals surface area contributed by atoms with Crippen molar-refractivity contribution >= 4 is 33.2 Å². The third kappa shape index (κ3) is 2.04. The molecule has 0 atom stereocenters. The summed E-state index contributed by atoms with van der Waals surface area (Å²) < 4.78 is 17.7. The van der Waals surface area contributed by atoms with Gasteiger partial charge in [-0.05, 0) is 28.9 Å². The third-order valence-electron chi connectivity index (χ3n) is 1.12. The normalized spacial score (nSPS) is 9.92. The molecule has 0 bridgehead atoms. The number of halogens is 2. The van der Waals surface area contributed by atoms with Gasteiger partial charge in [0.05, 0.1) is 11.1 Å². The molecule has 0 aromatic carbocycles. The van der Waals surface area contributed by atoms with E-state index in [1.165, 1.54) is 6.07 Å². The summed E-state index contributed by atoms with van der Waals surface area (Å²) in [6.45, 7) is 2.01. The van der Waals surface area contributed by atoms with Gasteiger partial charge in [-0.25, -0.2) is 4.79 Å². The predicted octanol–water partition coefficient (Wildman–Crippen LogP) is 2.83. The summed E-state index contributed by atoms with van der Waals surface area (Å²) in [4.78, 5) is 11.3. The molecule has 0 radical (unpaired) electrons. The zero-order chi connectivity index (χ0) is 9.14. The minimum Gasteiger partial charge on any atom is -0.462 e. The van der Waals surface area contributed by atoms with Crippen molar-refractivity contribution < 1.29 is 13.9 Å². The van der Waals surface area contributed by atoms with Gasteiger partial charge in [0, 0.05) is 0 Å². The van der Waals surface area contributed by atoms with Crippen LogP contribution in [0.15, 0.2) is 10.5 Å². The molecular formula is C7H6BrFO2S. The smallest absolute Gasteiger partial charge is 0.348 e. The Morgan fingerprint density at radius 1 is 1.83 bits per heavy atom. The van der Waals surface area contributed by atoms with E-state index in [2.05, 4.69) is 20.7 Å². The standard InChI is InChI=1S/C7H6BrFO2S/c1-2-11-7(10)5-3-4(8)6(9)12-5/h3H,2H2,1H3. The summed E-state index contributed by atoms with van der Waals surface area (Å²) >= 11 is 3.74. The van der Waals surface area contributed by atoms with Crippen LogP contribution in [0.4, 0.5) is 4.39 Å². The molecule has 0 aliphatic rings.